The van der Waals surface area contributed by atoms with Gasteiger partial charge in [0, 0.05) is 35.6 Å². The number of amides is 2. The fourth-order valence-corrected chi connectivity index (χ4v) is 5.37. The summed E-state index contributed by atoms with van der Waals surface area (Å²) in [6.45, 7) is 1.58. The Kier molecular flexibility index (Phi) is 6.06. The third-order valence-electron chi connectivity index (χ3n) is 4.94. The molecule has 0 unspecified atom stereocenters. The van der Waals surface area contributed by atoms with Crippen LogP contribution in [0, 0.1) is 0 Å². The molecule has 1 saturated heterocycles. The number of carbonyl (C=O) groups excluding carboxylic acids is 2. The van der Waals surface area contributed by atoms with Gasteiger partial charge in [-0.15, -0.1) is 11.3 Å². The van der Waals surface area contributed by atoms with Crippen molar-refractivity contribution in [2.24, 2.45) is 0 Å². The number of thiophene rings is 1. The third kappa shape index (κ3) is 4.95. The Morgan fingerprint density at radius 1 is 0.839 bits per heavy atom. The quantitative estimate of drug-likeness (QED) is 0.586. The van der Waals surface area contributed by atoms with Gasteiger partial charge in [0.2, 0.25) is 0 Å². The standard InChI is InChI=1S/C22H21N3O4S2/c26-21(23-18-9-7-17(8-10-18)22(27)25-13-1-2-14-25)16-5-11-19(12-6-16)24-31(28,29)20-4-3-15-30-20/h3-12,15,24H,1-2,13-14H2,(H,23,26). The highest BCUT2D eigenvalue weighted by atomic mass is 32.2. The first-order valence-electron chi connectivity index (χ1n) is 9.79. The molecule has 9 heteroatoms. The second-order valence-electron chi connectivity index (χ2n) is 7.15. The molecule has 7 nitrogen and oxygen atoms in total. The van der Waals surface area contributed by atoms with E-state index in [1.54, 1.807) is 47.8 Å². The highest BCUT2D eigenvalue weighted by Gasteiger charge is 2.19. The van der Waals surface area contributed by atoms with Crippen molar-refractivity contribution >= 4 is 44.5 Å². The van der Waals surface area contributed by atoms with Crippen LogP contribution in [0.15, 0.2) is 70.3 Å². The Hall–Kier alpha value is -3.17. The largest absolute Gasteiger partial charge is 0.339 e. The van der Waals surface area contributed by atoms with Crippen molar-refractivity contribution in [1.29, 1.82) is 0 Å². The number of hydrogen-bond donors (Lipinski definition) is 2. The van der Waals surface area contributed by atoms with Gasteiger partial charge >= 0.3 is 0 Å². The van der Waals surface area contributed by atoms with Crippen molar-refractivity contribution in [1.82, 2.24) is 4.90 Å². The van der Waals surface area contributed by atoms with Crippen LogP contribution in [-0.2, 0) is 10.0 Å². The Morgan fingerprint density at radius 2 is 1.45 bits per heavy atom. The zero-order valence-electron chi connectivity index (χ0n) is 16.6. The van der Waals surface area contributed by atoms with Crippen LogP contribution in [0.5, 0.6) is 0 Å². The monoisotopic (exact) mass is 455 g/mol. The number of likely N-dealkylation sites (tertiary alicyclic amines) is 1. The van der Waals surface area contributed by atoms with Gasteiger partial charge in [0.1, 0.15) is 4.21 Å². The maximum Gasteiger partial charge on any atom is 0.271 e. The van der Waals surface area contributed by atoms with E-state index in [4.69, 9.17) is 0 Å². The summed E-state index contributed by atoms with van der Waals surface area (Å²) in [5.74, 6) is -0.317. The second kappa shape index (κ2) is 8.91. The Morgan fingerprint density at radius 3 is 2.06 bits per heavy atom. The predicted octanol–water partition coefficient (Wildman–Crippen LogP) is 4.04. The molecule has 4 rings (SSSR count). The van der Waals surface area contributed by atoms with E-state index in [0.29, 0.717) is 22.5 Å². The average Bonchev–Trinajstić information content (AvgIpc) is 3.49. The zero-order chi connectivity index (χ0) is 21.8. The molecule has 160 valence electrons. The summed E-state index contributed by atoms with van der Waals surface area (Å²) in [5, 5.41) is 4.47. The van der Waals surface area contributed by atoms with Gasteiger partial charge in [-0.2, -0.15) is 0 Å². The van der Waals surface area contributed by atoms with Crippen molar-refractivity contribution in [3.8, 4) is 0 Å². The van der Waals surface area contributed by atoms with Gasteiger partial charge < -0.3 is 10.2 Å². The maximum absolute atomic E-state index is 12.5. The first kappa shape index (κ1) is 21.1. The molecule has 0 atom stereocenters. The molecule has 1 fully saturated rings. The van der Waals surface area contributed by atoms with Crippen molar-refractivity contribution < 1.29 is 18.0 Å². The van der Waals surface area contributed by atoms with E-state index in [-0.39, 0.29) is 16.0 Å². The van der Waals surface area contributed by atoms with Crippen LogP contribution in [0.4, 0.5) is 11.4 Å². The number of hydrogen-bond acceptors (Lipinski definition) is 5. The van der Waals surface area contributed by atoms with Gasteiger partial charge in [0.15, 0.2) is 0 Å². The lowest BCUT2D eigenvalue weighted by molar-refractivity contribution is 0.0792. The van der Waals surface area contributed by atoms with E-state index < -0.39 is 10.0 Å². The summed E-state index contributed by atoms with van der Waals surface area (Å²) in [4.78, 5) is 26.7. The lowest BCUT2D eigenvalue weighted by Gasteiger charge is -2.15. The molecule has 0 saturated carbocycles. The number of nitrogens with zero attached hydrogens (tertiary/aromatic N) is 1. The normalized spacial score (nSPS) is 13.7. The molecule has 0 aliphatic carbocycles. The van der Waals surface area contributed by atoms with Crippen molar-refractivity contribution in [2.45, 2.75) is 17.1 Å². The van der Waals surface area contributed by atoms with E-state index in [9.17, 15) is 18.0 Å². The molecule has 2 aromatic carbocycles. The number of benzene rings is 2. The van der Waals surface area contributed by atoms with Gasteiger partial charge in [-0.1, -0.05) is 6.07 Å². The molecular formula is C22H21N3O4S2. The number of sulfonamides is 1. The van der Waals surface area contributed by atoms with Crippen LogP contribution in [0.1, 0.15) is 33.6 Å². The molecule has 1 aliphatic heterocycles. The van der Waals surface area contributed by atoms with Crippen LogP contribution >= 0.6 is 11.3 Å². The predicted molar refractivity (Wildman–Crippen MR) is 121 cm³/mol. The smallest absolute Gasteiger partial charge is 0.271 e. The summed E-state index contributed by atoms with van der Waals surface area (Å²) >= 11 is 1.13. The lowest BCUT2D eigenvalue weighted by Crippen LogP contribution is -2.27. The molecule has 2 N–H and O–H groups in total. The summed E-state index contributed by atoms with van der Waals surface area (Å²) < 4.78 is 27.3. The molecule has 0 radical (unpaired) electrons. The van der Waals surface area contributed by atoms with Crippen LogP contribution in [0.2, 0.25) is 0 Å². The molecule has 3 aromatic rings. The molecule has 0 spiro atoms. The summed E-state index contributed by atoms with van der Waals surface area (Å²) in [6.07, 6.45) is 2.07. The minimum Gasteiger partial charge on any atom is -0.339 e. The highest BCUT2D eigenvalue weighted by Crippen LogP contribution is 2.21. The highest BCUT2D eigenvalue weighted by molar-refractivity contribution is 7.94. The van der Waals surface area contributed by atoms with Gasteiger partial charge in [0.05, 0.1) is 0 Å². The van der Waals surface area contributed by atoms with Crippen LogP contribution in [0.25, 0.3) is 0 Å². The average molecular weight is 456 g/mol. The summed E-state index contributed by atoms with van der Waals surface area (Å²) in [7, 11) is -3.63. The SMILES string of the molecule is O=C(Nc1ccc(C(=O)N2CCCC2)cc1)c1ccc(NS(=O)(=O)c2cccs2)cc1. The number of rotatable bonds is 6. The first-order valence-corrected chi connectivity index (χ1v) is 12.2. The van der Waals surface area contributed by atoms with Gasteiger partial charge in [-0.05, 0) is 72.8 Å². The minimum absolute atomic E-state index is 0.0102. The number of anilines is 2. The van der Waals surface area contributed by atoms with E-state index in [0.717, 1.165) is 37.3 Å². The summed E-state index contributed by atoms with van der Waals surface area (Å²) in [6, 6.07) is 16.2. The number of nitrogens with one attached hydrogen (secondary N) is 2. The molecule has 2 amide bonds. The topological polar surface area (TPSA) is 95.6 Å². The van der Waals surface area contributed by atoms with E-state index in [1.165, 1.54) is 18.2 Å². The molecular weight excluding hydrogens is 434 g/mol. The van der Waals surface area contributed by atoms with E-state index in [1.807, 2.05) is 4.90 Å². The van der Waals surface area contributed by atoms with Crippen molar-refractivity contribution in [3.05, 3.63) is 77.2 Å². The van der Waals surface area contributed by atoms with Crippen LogP contribution in [0.3, 0.4) is 0 Å². The Labute approximate surface area is 184 Å². The van der Waals surface area contributed by atoms with E-state index >= 15 is 0 Å². The van der Waals surface area contributed by atoms with Crippen LogP contribution in [-0.4, -0.2) is 38.2 Å². The number of carbonyl (C=O) groups is 2. The van der Waals surface area contributed by atoms with Gasteiger partial charge in [-0.25, -0.2) is 8.42 Å². The fraction of sp³-hybridized carbons (Fsp3) is 0.182. The van der Waals surface area contributed by atoms with Gasteiger partial charge in [-0.3, -0.25) is 14.3 Å². The molecule has 1 aliphatic rings. The molecule has 0 bridgehead atoms. The molecule has 1 aromatic heterocycles. The summed E-state index contributed by atoms with van der Waals surface area (Å²) in [5.41, 5.74) is 1.93. The Balaban J connectivity index is 1.38. The van der Waals surface area contributed by atoms with E-state index in [2.05, 4.69) is 10.0 Å². The molecule has 31 heavy (non-hydrogen) atoms. The van der Waals surface area contributed by atoms with Crippen molar-refractivity contribution in [2.75, 3.05) is 23.1 Å². The van der Waals surface area contributed by atoms with Gasteiger partial charge in [0.25, 0.3) is 21.8 Å². The fourth-order valence-electron chi connectivity index (χ4n) is 3.31. The molecule has 2 heterocycles. The second-order valence-corrected chi connectivity index (χ2v) is 10.0. The maximum atomic E-state index is 12.5. The lowest BCUT2D eigenvalue weighted by atomic mass is 10.1. The first-order chi connectivity index (χ1) is 14.9. The third-order valence-corrected chi connectivity index (χ3v) is 7.72. The zero-order valence-corrected chi connectivity index (χ0v) is 18.2. The minimum atomic E-state index is -3.63. The van der Waals surface area contributed by atoms with Crippen molar-refractivity contribution in [3.63, 3.8) is 0 Å². The van der Waals surface area contributed by atoms with Crippen LogP contribution < -0.4 is 10.0 Å². The Bertz CT molecular complexity index is 1170.